The van der Waals surface area contributed by atoms with Crippen LogP contribution in [-0.4, -0.2) is 12.5 Å². The van der Waals surface area contributed by atoms with E-state index in [0.29, 0.717) is 28.5 Å². The Morgan fingerprint density at radius 3 is 3.00 bits per heavy atom. The molecule has 1 aromatic rings. The first kappa shape index (κ1) is 9.09. The Morgan fingerprint density at radius 2 is 2.29 bits per heavy atom. The predicted octanol–water partition coefficient (Wildman–Crippen LogP) is 1.84. The van der Waals surface area contributed by atoms with Gasteiger partial charge in [0.25, 0.3) is 0 Å². The fourth-order valence-electron chi connectivity index (χ4n) is 1.40. The summed E-state index contributed by atoms with van der Waals surface area (Å²) in [4.78, 5) is 11.1. The van der Waals surface area contributed by atoms with Crippen LogP contribution in [0.25, 0.3) is 6.08 Å². The van der Waals surface area contributed by atoms with Crippen molar-refractivity contribution in [3.63, 3.8) is 0 Å². The number of carbonyl (C=O) groups is 1. The van der Waals surface area contributed by atoms with Crippen LogP contribution in [0.15, 0.2) is 18.2 Å². The highest BCUT2D eigenvalue weighted by Crippen LogP contribution is 2.34. The van der Waals surface area contributed by atoms with E-state index in [1.807, 2.05) is 6.08 Å². The number of benzene rings is 1. The van der Waals surface area contributed by atoms with Gasteiger partial charge < -0.3 is 10.5 Å². The molecule has 1 aliphatic heterocycles. The molecule has 4 heteroatoms. The molecule has 0 aliphatic carbocycles. The molecule has 1 amide bonds. The van der Waals surface area contributed by atoms with Gasteiger partial charge in [0.15, 0.2) is 0 Å². The Labute approximate surface area is 86.1 Å². The zero-order chi connectivity index (χ0) is 10.1. The Morgan fingerprint density at radius 1 is 1.50 bits per heavy atom. The molecule has 1 heterocycles. The van der Waals surface area contributed by atoms with E-state index in [0.717, 1.165) is 0 Å². The zero-order valence-corrected chi connectivity index (χ0v) is 8.04. The number of hydrogen-bond donors (Lipinski definition) is 1. The quantitative estimate of drug-likeness (QED) is 0.768. The van der Waals surface area contributed by atoms with Crippen molar-refractivity contribution in [3.8, 4) is 5.75 Å². The molecule has 3 nitrogen and oxygen atoms in total. The van der Waals surface area contributed by atoms with Gasteiger partial charge in [-0.3, -0.25) is 4.79 Å². The van der Waals surface area contributed by atoms with Crippen LogP contribution in [0.2, 0.25) is 5.02 Å². The van der Waals surface area contributed by atoms with Crippen LogP contribution in [0.4, 0.5) is 0 Å². The van der Waals surface area contributed by atoms with Crippen molar-refractivity contribution < 1.29 is 9.53 Å². The summed E-state index contributed by atoms with van der Waals surface area (Å²) in [6.07, 6.45) is 3.61. The topological polar surface area (TPSA) is 52.3 Å². The van der Waals surface area contributed by atoms with Gasteiger partial charge in [0, 0.05) is 5.56 Å². The van der Waals surface area contributed by atoms with Gasteiger partial charge in [-0.1, -0.05) is 17.7 Å². The first-order chi connectivity index (χ1) is 6.70. The molecule has 0 fully saturated rings. The molecular weight excluding hydrogens is 202 g/mol. The number of carbonyl (C=O) groups excluding carboxylic acids is 1. The van der Waals surface area contributed by atoms with Crippen LogP contribution in [0.1, 0.15) is 15.9 Å². The molecule has 1 aliphatic rings. The molecule has 0 unspecified atom stereocenters. The fraction of sp³-hybridized carbons (Fsp3) is 0.100. The third-order valence-corrected chi connectivity index (χ3v) is 2.32. The third kappa shape index (κ3) is 1.36. The van der Waals surface area contributed by atoms with Gasteiger partial charge in [0.1, 0.15) is 12.4 Å². The smallest absolute Gasteiger partial charge is 0.249 e. The summed E-state index contributed by atoms with van der Waals surface area (Å²) in [5.41, 5.74) is 6.31. The van der Waals surface area contributed by atoms with Crippen LogP contribution >= 0.6 is 11.6 Å². The molecule has 72 valence electrons. The number of ether oxygens (including phenoxy) is 1. The average molecular weight is 210 g/mol. The molecule has 0 aromatic heterocycles. The summed E-state index contributed by atoms with van der Waals surface area (Å²) in [6, 6.07) is 3.21. The molecule has 0 saturated heterocycles. The van der Waals surface area contributed by atoms with Crippen molar-refractivity contribution >= 4 is 23.6 Å². The normalized spacial score (nSPS) is 13.2. The average Bonchev–Trinajstić information content (AvgIpc) is 2.18. The molecule has 0 atom stereocenters. The van der Waals surface area contributed by atoms with Crippen LogP contribution < -0.4 is 10.5 Å². The van der Waals surface area contributed by atoms with Crippen molar-refractivity contribution in [3.05, 3.63) is 34.4 Å². The third-order valence-electron chi connectivity index (χ3n) is 2.02. The van der Waals surface area contributed by atoms with Gasteiger partial charge in [-0.25, -0.2) is 0 Å². The van der Waals surface area contributed by atoms with Crippen molar-refractivity contribution in [2.24, 2.45) is 5.73 Å². The van der Waals surface area contributed by atoms with Gasteiger partial charge in [0.2, 0.25) is 5.91 Å². The van der Waals surface area contributed by atoms with Crippen LogP contribution in [0.5, 0.6) is 5.75 Å². The largest absolute Gasteiger partial charge is 0.487 e. The second kappa shape index (κ2) is 3.35. The highest BCUT2D eigenvalue weighted by molar-refractivity contribution is 6.32. The SMILES string of the molecule is NC(=O)c1ccc(Cl)c2c1C=CCO2. The van der Waals surface area contributed by atoms with Crippen molar-refractivity contribution in [1.29, 1.82) is 0 Å². The molecule has 0 bridgehead atoms. The van der Waals surface area contributed by atoms with Crippen molar-refractivity contribution in [2.45, 2.75) is 0 Å². The summed E-state index contributed by atoms with van der Waals surface area (Å²) in [7, 11) is 0. The van der Waals surface area contributed by atoms with Crippen molar-refractivity contribution in [1.82, 2.24) is 0 Å². The summed E-state index contributed by atoms with van der Waals surface area (Å²) in [5.74, 6) is 0.0542. The maximum absolute atomic E-state index is 11.1. The minimum Gasteiger partial charge on any atom is -0.487 e. The lowest BCUT2D eigenvalue weighted by atomic mass is 10.0. The standard InChI is InChI=1S/C10H8ClNO2/c11-8-4-3-7(10(12)13)6-2-1-5-14-9(6)8/h1-4H,5H2,(H2,12,13). The number of amides is 1. The highest BCUT2D eigenvalue weighted by Gasteiger charge is 2.16. The first-order valence-corrected chi connectivity index (χ1v) is 4.49. The van der Waals surface area contributed by atoms with E-state index in [-0.39, 0.29) is 0 Å². The summed E-state index contributed by atoms with van der Waals surface area (Å²) >= 11 is 5.91. The molecule has 0 saturated carbocycles. The molecule has 14 heavy (non-hydrogen) atoms. The summed E-state index contributed by atoms with van der Waals surface area (Å²) in [5, 5.41) is 0.495. The first-order valence-electron chi connectivity index (χ1n) is 4.12. The lowest BCUT2D eigenvalue weighted by Gasteiger charge is -2.15. The Balaban J connectivity index is 2.67. The number of nitrogens with two attached hydrogens (primary N) is 1. The second-order valence-electron chi connectivity index (χ2n) is 2.92. The molecule has 2 N–H and O–H groups in total. The lowest BCUT2D eigenvalue weighted by molar-refractivity contribution is 0.0999. The Hall–Kier alpha value is -1.48. The number of primary amides is 1. The maximum atomic E-state index is 11.1. The number of fused-ring (bicyclic) bond motifs is 1. The van der Waals surface area contributed by atoms with Gasteiger partial charge >= 0.3 is 0 Å². The lowest BCUT2D eigenvalue weighted by Crippen LogP contribution is -2.14. The number of hydrogen-bond acceptors (Lipinski definition) is 2. The van der Waals surface area contributed by atoms with E-state index in [4.69, 9.17) is 22.1 Å². The van der Waals surface area contributed by atoms with Gasteiger partial charge in [-0.2, -0.15) is 0 Å². The van der Waals surface area contributed by atoms with E-state index in [1.54, 1.807) is 18.2 Å². The monoisotopic (exact) mass is 209 g/mol. The fourth-order valence-corrected chi connectivity index (χ4v) is 1.62. The van der Waals surface area contributed by atoms with Crippen LogP contribution in [0.3, 0.4) is 0 Å². The van der Waals surface area contributed by atoms with E-state index in [2.05, 4.69) is 0 Å². The maximum Gasteiger partial charge on any atom is 0.249 e. The van der Waals surface area contributed by atoms with E-state index < -0.39 is 5.91 Å². The molecule has 0 spiro atoms. The van der Waals surface area contributed by atoms with Gasteiger partial charge in [-0.15, -0.1) is 0 Å². The number of halogens is 1. The molecule has 1 aromatic carbocycles. The van der Waals surface area contributed by atoms with Gasteiger partial charge in [0.05, 0.1) is 10.6 Å². The predicted molar refractivity (Wildman–Crippen MR) is 54.5 cm³/mol. The van der Waals surface area contributed by atoms with E-state index in [9.17, 15) is 4.79 Å². The van der Waals surface area contributed by atoms with Gasteiger partial charge in [-0.05, 0) is 18.2 Å². The minimum absolute atomic E-state index is 0.431. The second-order valence-corrected chi connectivity index (χ2v) is 3.32. The minimum atomic E-state index is -0.479. The summed E-state index contributed by atoms with van der Waals surface area (Å²) < 4.78 is 5.32. The molecular formula is C10H8ClNO2. The Kier molecular flexibility index (Phi) is 2.17. The van der Waals surface area contributed by atoms with E-state index in [1.165, 1.54) is 0 Å². The highest BCUT2D eigenvalue weighted by atomic mass is 35.5. The number of rotatable bonds is 1. The Bertz CT molecular complexity index is 426. The van der Waals surface area contributed by atoms with Crippen LogP contribution in [0, 0.1) is 0 Å². The van der Waals surface area contributed by atoms with Crippen LogP contribution in [-0.2, 0) is 0 Å². The summed E-state index contributed by atoms with van der Waals surface area (Å²) in [6.45, 7) is 0.467. The van der Waals surface area contributed by atoms with Crippen molar-refractivity contribution in [2.75, 3.05) is 6.61 Å². The molecule has 2 rings (SSSR count). The zero-order valence-electron chi connectivity index (χ0n) is 7.29. The van der Waals surface area contributed by atoms with E-state index >= 15 is 0 Å². The molecule has 0 radical (unpaired) electrons.